The van der Waals surface area contributed by atoms with Gasteiger partial charge in [-0.25, -0.2) is 0 Å². The molecular formula is C14H19N3. The molecule has 0 unspecified atom stereocenters. The molecule has 0 aromatic heterocycles. The molecule has 0 amide bonds. The Labute approximate surface area is 103 Å². The van der Waals surface area contributed by atoms with E-state index < -0.39 is 0 Å². The highest BCUT2D eigenvalue weighted by atomic mass is 15.3. The molecule has 1 saturated carbocycles. The number of hydrogen-bond donors (Lipinski definition) is 1. The number of para-hydroxylation sites is 1. The molecule has 0 bridgehead atoms. The van der Waals surface area contributed by atoms with Gasteiger partial charge in [-0.05, 0) is 36.8 Å². The van der Waals surface area contributed by atoms with E-state index in [4.69, 9.17) is 0 Å². The maximum Gasteiger partial charge on any atom is 0.198 e. The first-order valence-electron chi connectivity index (χ1n) is 6.44. The molecule has 0 atom stereocenters. The largest absolute Gasteiger partial charge is 0.356 e. The first-order chi connectivity index (χ1) is 8.38. The molecular weight excluding hydrogens is 210 g/mol. The molecule has 0 radical (unpaired) electrons. The van der Waals surface area contributed by atoms with Crippen molar-refractivity contribution in [2.75, 3.05) is 25.0 Å². The molecule has 1 aliphatic carbocycles. The van der Waals surface area contributed by atoms with E-state index in [-0.39, 0.29) is 0 Å². The standard InChI is InChI=1S/C14H19N3/c1-15-14(16-10-11-6-7-11)17-9-8-12-4-2-3-5-13(12)17/h2-5,11H,6-10H2,1H3,(H,15,16). The van der Waals surface area contributed by atoms with Gasteiger partial charge in [0.2, 0.25) is 0 Å². The Morgan fingerprint density at radius 3 is 3.00 bits per heavy atom. The van der Waals surface area contributed by atoms with Crippen LogP contribution in [0.1, 0.15) is 18.4 Å². The van der Waals surface area contributed by atoms with E-state index >= 15 is 0 Å². The van der Waals surface area contributed by atoms with Gasteiger partial charge in [0.25, 0.3) is 0 Å². The summed E-state index contributed by atoms with van der Waals surface area (Å²) in [6, 6.07) is 8.61. The average Bonchev–Trinajstić information content (AvgIpc) is 3.10. The third kappa shape index (κ3) is 2.14. The highest BCUT2D eigenvalue weighted by molar-refractivity contribution is 5.97. The van der Waals surface area contributed by atoms with Crippen LogP contribution >= 0.6 is 0 Å². The molecule has 0 spiro atoms. The quantitative estimate of drug-likeness (QED) is 0.621. The van der Waals surface area contributed by atoms with Gasteiger partial charge in [-0.15, -0.1) is 0 Å². The van der Waals surface area contributed by atoms with Crippen LogP contribution in [0, 0.1) is 5.92 Å². The zero-order valence-electron chi connectivity index (χ0n) is 10.3. The summed E-state index contributed by atoms with van der Waals surface area (Å²) in [5.74, 6) is 1.91. The van der Waals surface area contributed by atoms with Gasteiger partial charge in [0.1, 0.15) is 0 Å². The van der Waals surface area contributed by atoms with E-state index in [1.165, 1.54) is 24.1 Å². The molecule has 3 nitrogen and oxygen atoms in total. The van der Waals surface area contributed by atoms with Crippen molar-refractivity contribution in [2.24, 2.45) is 10.9 Å². The van der Waals surface area contributed by atoms with Crippen molar-refractivity contribution in [3.05, 3.63) is 29.8 Å². The van der Waals surface area contributed by atoms with Crippen LogP contribution in [-0.4, -0.2) is 26.1 Å². The Kier molecular flexibility index (Phi) is 2.75. The highest BCUT2D eigenvalue weighted by Gasteiger charge is 2.25. The number of nitrogens with zero attached hydrogens (tertiary/aromatic N) is 2. The minimum atomic E-state index is 0.879. The van der Waals surface area contributed by atoms with Crippen molar-refractivity contribution >= 4 is 11.6 Å². The summed E-state index contributed by atoms with van der Waals surface area (Å²) in [6.07, 6.45) is 3.88. The van der Waals surface area contributed by atoms with E-state index in [1.807, 2.05) is 7.05 Å². The van der Waals surface area contributed by atoms with Crippen molar-refractivity contribution in [3.63, 3.8) is 0 Å². The van der Waals surface area contributed by atoms with Gasteiger partial charge >= 0.3 is 0 Å². The summed E-state index contributed by atoms with van der Waals surface area (Å²) >= 11 is 0. The normalized spacial score (nSPS) is 19.4. The molecule has 3 rings (SSSR count). The molecule has 1 N–H and O–H groups in total. The predicted molar refractivity (Wildman–Crippen MR) is 71.6 cm³/mol. The van der Waals surface area contributed by atoms with Gasteiger partial charge in [-0.1, -0.05) is 18.2 Å². The van der Waals surface area contributed by atoms with Crippen LogP contribution in [-0.2, 0) is 6.42 Å². The molecule has 0 saturated heterocycles. The number of nitrogens with one attached hydrogen (secondary N) is 1. The summed E-state index contributed by atoms with van der Waals surface area (Å²) in [4.78, 5) is 6.70. The Morgan fingerprint density at radius 2 is 2.24 bits per heavy atom. The molecule has 1 aliphatic heterocycles. The van der Waals surface area contributed by atoms with Crippen LogP contribution in [0.3, 0.4) is 0 Å². The molecule has 1 fully saturated rings. The zero-order chi connectivity index (χ0) is 11.7. The number of aliphatic imine (C=N–C) groups is 1. The Morgan fingerprint density at radius 1 is 1.41 bits per heavy atom. The SMILES string of the molecule is CN=C(NCC1CC1)N1CCc2ccccc21. The monoisotopic (exact) mass is 229 g/mol. The van der Waals surface area contributed by atoms with Crippen molar-refractivity contribution in [1.82, 2.24) is 5.32 Å². The molecule has 3 heteroatoms. The molecule has 1 aromatic rings. The second-order valence-corrected chi connectivity index (χ2v) is 4.90. The maximum absolute atomic E-state index is 4.40. The second-order valence-electron chi connectivity index (χ2n) is 4.90. The average molecular weight is 229 g/mol. The van der Waals surface area contributed by atoms with E-state index in [1.54, 1.807) is 0 Å². The minimum absolute atomic E-state index is 0.879. The maximum atomic E-state index is 4.40. The number of benzene rings is 1. The summed E-state index contributed by atoms with van der Waals surface area (Å²) in [7, 11) is 1.87. The smallest absolute Gasteiger partial charge is 0.198 e. The van der Waals surface area contributed by atoms with Gasteiger partial charge in [0.05, 0.1) is 0 Å². The van der Waals surface area contributed by atoms with Crippen LogP contribution in [0.4, 0.5) is 5.69 Å². The molecule has 1 heterocycles. The number of rotatable bonds is 2. The summed E-state index contributed by atoms with van der Waals surface area (Å²) in [5, 5.41) is 3.49. The minimum Gasteiger partial charge on any atom is -0.356 e. The molecule has 2 aliphatic rings. The lowest BCUT2D eigenvalue weighted by Gasteiger charge is -2.22. The van der Waals surface area contributed by atoms with Crippen molar-refractivity contribution in [3.8, 4) is 0 Å². The van der Waals surface area contributed by atoms with Crippen molar-refractivity contribution < 1.29 is 0 Å². The van der Waals surface area contributed by atoms with E-state index in [0.717, 1.165) is 31.4 Å². The van der Waals surface area contributed by atoms with E-state index in [0.29, 0.717) is 0 Å². The Hall–Kier alpha value is -1.51. The van der Waals surface area contributed by atoms with Gasteiger partial charge < -0.3 is 10.2 Å². The third-order valence-corrected chi connectivity index (χ3v) is 3.60. The third-order valence-electron chi connectivity index (χ3n) is 3.60. The number of fused-ring (bicyclic) bond motifs is 1. The van der Waals surface area contributed by atoms with Gasteiger partial charge in [0, 0.05) is 25.8 Å². The Bertz CT molecular complexity index is 435. The van der Waals surface area contributed by atoms with Crippen LogP contribution in [0.25, 0.3) is 0 Å². The Balaban J connectivity index is 1.74. The van der Waals surface area contributed by atoms with Crippen LogP contribution in [0.2, 0.25) is 0 Å². The van der Waals surface area contributed by atoms with Crippen LogP contribution in [0.15, 0.2) is 29.3 Å². The first kappa shape index (κ1) is 10.6. The summed E-state index contributed by atoms with van der Waals surface area (Å²) in [5.41, 5.74) is 2.75. The number of hydrogen-bond acceptors (Lipinski definition) is 1. The van der Waals surface area contributed by atoms with Crippen molar-refractivity contribution in [2.45, 2.75) is 19.3 Å². The van der Waals surface area contributed by atoms with E-state index in [2.05, 4.69) is 39.5 Å². The number of anilines is 1. The zero-order valence-corrected chi connectivity index (χ0v) is 10.3. The summed E-state index contributed by atoms with van der Waals surface area (Å²) in [6.45, 7) is 2.12. The summed E-state index contributed by atoms with van der Waals surface area (Å²) < 4.78 is 0. The molecule has 17 heavy (non-hydrogen) atoms. The first-order valence-corrected chi connectivity index (χ1v) is 6.44. The lowest BCUT2D eigenvalue weighted by Crippen LogP contribution is -2.41. The molecule has 90 valence electrons. The van der Waals surface area contributed by atoms with Crippen LogP contribution < -0.4 is 10.2 Å². The van der Waals surface area contributed by atoms with Gasteiger partial charge in [0.15, 0.2) is 5.96 Å². The lowest BCUT2D eigenvalue weighted by molar-refractivity contribution is 0.758. The van der Waals surface area contributed by atoms with E-state index in [9.17, 15) is 0 Å². The van der Waals surface area contributed by atoms with Crippen molar-refractivity contribution in [1.29, 1.82) is 0 Å². The lowest BCUT2D eigenvalue weighted by atomic mass is 10.2. The van der Waals surface area contributed by atoms with Crippen LogP contribution in [0.5, 0.6) is 0 Å². The topological polar surface area (TPSA) is 27.6 Å². The second kappa shape index (κ2) is 4.40. The fourth-order valence-corrected chi connectivity index (χ4v) is 2.41. The molecule has 1 aromatic carbocycles. The fourth-order valence-electron chi connectivity index (χ4n) is 2.41. The predicted octanol–water partition coefficient (Wildman–Crippen LogP) is 2.03. The number of guanidine groups is 1. The van der Waals surface area contributed by atoms with Gasteiger partial charge in [-0.2, -0.15) is 0 Å². The highest BCUT2D eigenvalue weighted by Crippen LogP contribution is 2.29. The fraction of sp³-hybridized carbons (Fsp3) is 0.500. The van der Waals surface area contributed by atoms with Gasteiger partial charge in [-0.3, -0.25) is 4.99 Å².